The third kappa shape index (κ3) is 11.7. The number of nitriles is 1. The van der Waals surface area contributed by atoms with Crippen molar-refractivity contribution in [2.24, 2.45) is 10.9 Å². The number of amides is 3. The number of halogens is 4. The molecule has 0 fully saturated rings. The van der Waals surface area contributed by atoms with E-state index in [4.69, 9.17) is 31.6 Å². The molecule has 16 heteroatoms. The number of carbonyl (C=O) groups excluding carboxylic acids is 3. The van der Waals surface area contributed by atoms with E-state index in [1.807, 2.05) is 0 Å². The molecule has 0 bridgehead atoms. The van der Waals surface area contributed by atoms with Crippen molar-refractivity contribution in [1.29, 1.82) is 5.26 Å². The van der Waals surface area contributed by atoms with Gasteiger partial charge in [0.2, 0.25) is 5.91 Å². The number of nitrogens with one attached hydrogen (secondary N) is 2. The SMILES string of the molecule is CC(C)(C)OC(=O)N(C(=O)OC(C)(C)C)C(N)=NOCCNC(=O)Cc1c(C#N)ccc(NCC(F)(F)c2cccc(Cl)c2)c1F. The predicted octanol–water partition coefficient (Wildman–Crippen LogP) is 5.63. The van der Waals surface area contributed by atoms with Gasteiger partial charge in [0.1, 0.15) is 17.8 Å². The summed E-state index contributed by atoms with van der Waals surface area (Å²) in [7, 11) is 0. The average Bonchev–Trinajstić information content (AvgIpc) is 2.91. The quantitative estimate of drug-likeness (QED) is 0.126. The second kappa shape index (κ2) is 15.5. The Bertz CT molecular complexity index is 1470. The summed E-state index contributed by atoms with van der Waals surface area (Å²) in [5.41, 5.74) is 2.63. The van der Waals surface area contributed by atoms with Gasteiger partial charge < -0.3 is 30.7 Å². The molecule has 0 aliphatic heterocycles. The van der Waals surface area contributed by atoms with Crippen LogP contribution in [0.4, 0.5) is 28.4 Å². The van der Waals surface area contributed by atoms with E-state index in [2.05, 4.69) is 15.8 Å². The lowest BCUT2D eigenvalue weighted by Gasteiger charge is -2.27. The van der Waals surface area contributed by atoms with Gasteiger partial charge >= 0.3 is 12.2 Å². The number of hydrogen-bond acceptors (Lipinski definition) is 9. The topological polar surface area (TPSA) is 168 Å². The number of imide groups is 1. The maximum Gasteiger partial charge on any atom is 0.427 e. The first-order chi connectivity index (χ1) is 21.2. The van der Waals surface area contributed by atoms with E-state index in [1.165, 1.54) is 24.3 Å². The summed E-state index contributed by atoms with van der Waals surface area (Å²) in [5.74, 6) is -5.90. The molecule has 0 aromatic heterocycles. The molecule has 2 aromatic carbocycles. The number of guanidine groups is 1. The molecule has 2 rings (SSSR count). The van der Waals surface area contributed by atoms with Gasteiger partial charge in [0.15, 0.2) is 5.82 Å². The first kappa shape index (κ1) is 37.5. The first-order valence-corrected chi connectivity index (χ1v) is 14.2. The highest BCUT2D eigenvalue weighted by atomic mass is 35.5. The van der Waals surface area contributed by atoms with Gasteiger partial charge in [-0.2, -0.15) is 14.0 Å². The molecule has 0 unspecified atom stereocenters. The number of nitrogens with zero attached hydrogens (tertiary/aromatic N) is 3. The van der Waals surface area contributed by atoms with Crippen molar-refractivity contribution >= 4 is 41.3 Å². The van der Waals surface area contributed by atoms with Crippen molar-refractivity contribution in [3.05, 3.63) is 63.9 Å². The van der Waals surface area contributed by atoms with Gasteiger partial charge in [-0.25, -0.2) is 14.0 Å². The number of ether oxygens (including phenoxy) is 2. The summed E-state index contributed by atoms with van der Waals surface area (Å²) in [5, 5.41) is 17.8. The van der Waals surface area contributed by atoms with Gasteiger partial charge in [-0.05, 0) is 71.0 Å². The number of rotatable bonds is 10. The largest absolute Gasteiger partial charge is 0.443 e. The van der Waals surface area contributed by atoms with Gasteiger partial charge in [-0.15, -0.1) is 4.90 Å². The molecule has 0 spiro atoms. The molecule has 0 heterocycles. The van der Waals surface area contributed by atoms with E-state index in [0.29, 0.717) is 4.90 Å². The van der Waals surface area contributed by atoms with E-state index in [1.54, 1.807) is 47.6 Å². The molecule has 0 atom stereocenters. The second-order valence-corrected chi connectivity index (χ2v) is 12.2. The van der Waals surface area contributed by atoms with Crippen LogP contribution in [0.25, 0.3) is 0 Å². The van der Waals surface area contributed by atoms with Gasteiger partial charge in [0, 0.05) is 16.1 Å². The molecule has 250 valence electrons. The Balaban J connectivity index is 2.03. The lowest BCUT2D eigenvalue weighted by molar-refractivity contribution is -0.120. The fourth-order valence-electron chi connectivity index (χ4n) is 3.55. The summed E-state index contributed by atoms with van der Waals surface area (Å²) in [4.78, 5) is 43.0. The molecule has 46 heavy (non-hydrogen) atoms. The van der Waals surface area contributed by atoms with E-state index >= 15 is 4.39 Å². The van der Waals surface area contributed by atoms with Crippen LogP contribution in [0.15, 0.2) is 41.6 Å². The molecule has 0 aliphatic carbocycles. The lowest BCUT2D eigenvalue weighted by atomic mass is 10.0. The standard InChI is InChI=1S/C30H36ClF3N6O6/c1-28(2,3)45-26(42)40(27(43)46-29(4,5)6)25(36)39-44-13-12-37-23(41)15-21-18(16-35)10-11-22(24(21)32)38-17-30(33,34)19-8-7-9-20(31)14-19/h7-11,14,38H,12-13,15,17H2,1-6H3,(H2,36,39)(H,37,41). The molecule has 4 N–H and O–H groups in total. The predicted molar refractivity (Wildman–Crippen MR) is 164 cm³/mol. The van der Waals surface area contributed by atoms with Gasteiger partial charge in [0.05, 0.1) is 36.8 Å². The zero-order chi connectivity index (χ0) is 34.9. The molecule has 0 radical (unpaired) electrons. The molecular weight excluding hydrogens is 633 g/mol. The van der Waals surface area contributed by atoms with Crippen LogP contribution in [0.5, 0.6) is 0 Å². The van der Waals surface area contributed by atoms with Gasteiger partial charge in [-0.1, -0.05) is 23.7 Å². The van der Waals surface area contributed by atoms with Crippen LogP contribution in [0.3, 0.4) is 0 Å². The summed E-state index contributed by atoms with van der Waals surface area (Å²) >= 11 is 5.80. The molecule has 3 amide bonds. The van der Waals surface area contributed by atoms with Crippen molar-refractivity contribution in [3.63, 3.8) is 0 Å². The van der Waals surface area contributed by atoms with E-state index in [0.717, 1.165) is 12.1 Å². The molecule has 12 nitrogen and oxygen atoms in total. The minimum atomic E-state index is -3.41. The summed E-state index contributed by atoms with van der Waals surface area (Å²) in [6.07, 6.45) is -2.94. The van der Waals surface area contributed by atoms with Crippen molar-refractivity contribution in [2.75, 3.05) is 25.0 Å². The summed E-state index contributed by atoms with van der Waals surface area (Å²) < 4.78 is 55.0. The Morgan fingerprint density at radius 1 is 1.04 bits per heavy atom. The monoisotopic (exact) mass is 668 g/mol. The normalized spacial score (nSPS) is 12.1. The Morgan fingerprint density at radius 3 is 2.20 bits per heavy atom. The number of carbonyl (C=O) groups is 3. The maximum absolute atomic E-state index is 15.3. The Morgan fingerprint density at radius 2 is 1.65 bits per heavy atom. The second-order valence-electron chi connectivity index (χ2n) is 11.7. The molecular formula is C30H36ClF3N6O6. The fourth-order valence-corrected chi connectivity index (χ4v) is 3.74. The van der Waals surface area contributed by atoms with E-state index in [-0.39, 0.29) is 40.6 Å². The molecule has 2 aromatic rings. The van der Waals surface area contributed by atoms with Crippen LogP contribution in [-0.4, -0.2) is 59.9 Å². The van der Waals surface area contributed by atoms with Crippen LogP contribution < -0.4 is 16.4 Å². The Hall–Kier alpha value is -4.71. The molecule has 0 aliphatic rings. The number of benzene rings is 2. The molecule has 0 saturated heterocycles. The highest BCUT2D eigenvalue weighted by Crippen LogP contribution is 2.31. The third-order valence-electron chi connectivity index (χ3n) is 5.50. The molecule has 0 saturated carbocycles. The van der Waals surface area contributed by atoms with Crippen LogP contribution >= 0.6 is 11.6 Å². The van der Waals surface area contributed by atoms with Crippen LogP contribution in [0.1, 0.15) is 58.2 Å². The number of oxime groups is 1. The van der Waals surface area contributed by atoms with Crippen LogP contribution in [-0.2, 0) is 31.4 Å². The zero-order valence-corrected chi connectivity index (χ0v) is 26.9. The van der Waals surface area contributed by atoms with E-state index < -0.39 is 60.0 Å². The third-order valence-corrected chi connectivity index (χ3v) is 5.74. The zero-order valence-electron chi connectivity index (χ0n) is 26.2. The Labute approximate surface area is 269 Å². The van der Waals surface area contributed by atoms with Gasteiger partial charge in [-0.3, -0.25) is 4.79 Å². The summed E-state index contributed by atoms with van der Waals surface area (Å²) in [6, 6.07) is 9.17. The van der Waals surface area contributed by atoms with Crippen LogP contribution in [0, 0.1) is 17.1 Å². The number of nitrogens with two attached hydrogens (primary N) is 1. The number of hydrogen-bond donors (Lipinski definition) is 3. The van der Waals surface area contributed by atoms with Crippen molar-refractivity contribution in [3.8, 4) is 6.07 Å². The van der Waals surface area contributed by atoms with E-state index in [9.17, 15) is 28.4 Å². The van der Waals surface area contributed by atoms with Crippen molar-refractivity contribution < 1.29 is 41.9 Å². The minimum absolute atomic E-state index is 0.110. The summed E-state index contributed by atoms with van der Waals surface area (Å²) in [6.45, 7) is 7.96. The van der Waals surface area contributed by atoms with Gasteiger partial charge in [0.25, 0.3) is 11.9 Å². The maximum atomic E-state index is 15.3. The average molecular weight is 669 g/mol. The fraction of sp³-hybridized carbons (Fsp3) is 0.433. The minimum Gasteiger partial charge on any atom is -0.443 e. The first-order valence-electron chi connectivity index (χ1n) is 13.8. The smallest absolute Gasteiger partial charge is 0.427 e. The number of anilines is 1. The number of alkyl halides is 2. The lowest BCUT2D eigenvalue weighted by Crippen LogP contribution is -2.50. The highest BCUT2D eigenvalue weighted by molar-refractivity contribution is 6.30. The van der Waals surface area contributed by atoms with Crippen molar-refractivity contribution in [1.82, 2.24) is 10.2 Å². The van der Waals surface area contributed by atoms with Crippen LogP contribution in [0.2, 0.25) is 5.02 Å². The highest BCUT2D eigenvalue weighted by Gasteiger charge is 2.35. The van der Waals surface area contributed by atoms with Crippen molar-refractivity contribution in [2.45, 2.75) is 65.1 Å². The Kier molecular flexibility index (Phi) is 12.7.